The molecular weight excluding hydrogens is 502 g/mol. The van der Waals surface area contributed by atoms with Crippen LogP contribution in [-0.4, -0.2) is 31.6 Å². The molecule has 8 nitrogen and oxygen atoms in total. The van der Waals surface area contributed by atoms with E-state index in [0.717, 1.165) is 42.4 Å². The molecule has 0 aliphatic heterocycles. The minimum absolute atomic E-state index is 0.137. The van der Waals surface area contributed by atoms with E-state index >= 15 is 0 Å². The molecule has 0 bridgehead atoms. The average Bonchev–Trinajstić information content (AvgIpc) is 2.74. The van der Waals surface area contributed by atoms with Crippen LogP contribution < -0.4 is 9.30 Å². The number of pyridine rings is 1. The van der Waals surface area contributed by atoms with Crippen LogP contribution in [0.2, 0.25) is 0 Å². The van der Waals surface area contributed by atoms with Gasteiger partial charge in [0.2, 0.25) is 11.6 Å². The van der Waals surface area contributed by atoms with Crippen LogP contribution in [0.1, 0.15) is 58.3 Å². The van der Waals surface area contributed by atoms with Gasteiger partial charge in [-0.25, -0.2) is 8.78 Å². The molecule has 0 aliphatic carbocycles. The Kier molecular flexibility index (Phi) is 11.5. The van der Waals surface area contributed by atoms with E-state index in [-0.39, 0.29) is 16.9 Å². The summed E-state index contributed by atoms with van der Waals surface area (Å²) >= 11 is 0. The first-order valence-electron chi connectivity index (χ1n) is 11.6. The Labute approximate surface area is 204 Å². The Morgan fingerprint density at radius 3 is 1.89 bits per heavy atom. The number of hydrogen-bond donors (Lipinski definition) is 4. The molecule has 0 spiro atoms. The van der Waals surface area contributed by atoms with Crippen molar-refractivity contribution in [2.45, 2.75) is 70.2 Å². The van der Waals surface area contributed by atoms with Crippen molar-refractivity contribution >= 4 is 15.2 Å². The number of rotatable bonds is 15. The standard InChI is InChI=1S/C23H33F2NO7P2/c1-2-3-4-5-6-7-8-9-10-33-22-13-19(18-11-20(24)14-21(25)12-18)15-26(16-22)17-23(34(27,28)29)35(30,31)32/h11-16,23H,2-10,17H2,1H3,(H3-,27,28,29,30,31,32)/p+1. The van der Waals surface area contributed by atoms with Crippen molar-refractivity contribution < 1.29 is 46.8 Å². The maximum absolute atomic E-state index is 13.8. The molecule has 1 heterocycles. The second-order valence-corrected chi connectivity index (χ2v) is 12.6. The normalized spacial score (nSPS) is 12.3. The first-order valence-corrected chi connectivity index (χ1v) is 15.0. The molecule has 0 radical (unpaired) electrons. The summed E-state index contributed by atoms with van der Waals surface area (Å²) in [6.07, 6.45) is 11.4. The van der Waals surface area contributed by atoms with E-state index in [9.17, 15) is 37.5 Å². The molecule has 35 heavy (non-hydrogen) atoms. The van der Waals surface area contributed by atoms with Gasteiger partial charge in [-0.3, -0.25) is 9.13 Å². The molecule has 12 heteroatoms. The van der Waals surface area contributed by atoms with E-state index in [4.69, 9.17) is 4.74 Å². The van der Waals surface area contributed by atoms with Crippen LogP contribution in [0.4, 0.5) is 8.78 Å². The molecule has 0 saturated heterocycles. The van der Waals surface area contributed by atoms with Gasteiger partial charge in [0.05, 0.1) is 6.61 Å². The Balaban J connectivity index is 2.20. The lowest BCUT2D eigenvalue weighted by molar-refractivity contribution is -0.694. The second kappa shape index (κ2) is 13.6. The zero-order valence-electron chi connectivity index (χ0n) is 19.7. The van der Waals surface area contributed by atoms with Crippen molar-refractivity contribution in [1.29, 1.82) is 0 Å². The minimum Gasteiger partial charge on any atom is -0.487 e. The van der Waals surface area contributed by atoms with E-state index in [1.165, 1.54) is 44.1 Å². The zero-order valence-corrected chi connectivity index (χ0v) is 21.5. The smallest absolute Gasteiger partial charge is 0.347 e. The number of aromatic nitrogens is 1. The fraction of sp³-hybridized carbons (Fsp3) is 0.522. The second-order valence-electron chi connectivity index (χ2n) is 8.60. The first-order chi connectivity index (χ1) is 16.4. The highest BCUT2D eigenvalue weighted by molar-refractivity contribution is 7.70. The fourth-order valence-electron chi connectivity index (χ4n) is 3.69. The molecule has 1 aromatic carbocycles. The molecule has 4 N–H and O–H groups in total. The van der Waals surface area contributed by atoms with Crippen LogP contribution in [-0.2, 0) is 15.7 Å². The summed E-state index contributed by atoms with van der Waals surface area (Å²) in [4.78, 5) is 37.9. The molecular formula is C23H34F2NO7P2+. The number of benzene rings is 1. The first kappa shape index (κ1) is 29.6. The highest BCUT2D eigenvalue weighted by atomic mass is 31.2. The maximum atomic E-state index is 13.8. The van der Waals surface area contributed by atoms with Crippen LogP contribution in [0.25, 0.3) is 11.1 Å². The Bertz CT molecular complexity index is 1020. The third-order valence-corrected chi connectivity index (χ3v) is 9.19. The molecule has 0 aliphatic rings. The predicted octanol–water partition coefficient (Wildman–Crippen LogP) is 5.12. The van der Waals surface area contributed by atoms with Crippen LogP contribution in [0.15, 0.2) is 36.7 Å². The van der Waals surface area contributed by atoms with Crippen molar-refractivity contribution in [1.82, 2.24) is 0 Å². The van der Waals surface area contributed by atoms with Crippen molar-refractivity contribution in [3.05, 3.63) is 48.3 Å². The van der Waals surface area contributed by atoms with E-state index in [1.807, 2.05) is 0 Å². The third kappa shape index (κ3) is 10.5. The van der Waals surface area contributed by atoms with Gasteiger partial charge >= 0.3 is 15.2 Å². The average molecular weight is 536 g/mol. The Morgan fingerprint density at radius 1 is 0.800 bits per heavy atom. The summed E-state index contributed by atoms with van der Waals surface area (Å²) in [5.74, 6) is -1.40. The Morgan fingerprint density at radius 2 is 1.34 bits per heavy atom. The highest BCUT2D eigenvalue weighted by Crippen LogP contribution is 2.59. The largest absolute Gasteiger partial charge is 0.487 e. The van der Waals surface area contributed by atoms with Crippen molar-refractivity contribution in [2.24, 2.45) is 0 Å². The summed E-state index contributed by atoms with van der Waals surface area (Å²) in [7, 11) is -10.3. The summed E-state index contributed by atoms with van der Waals surface area (Å²) in [5, 5.41) is -2.28. The molecule has 0 saturated carbocycles. The van der Waals surface area contributed by atoms with Gasteiger partial charge in [-0.15, -0.1) is 0 Å². The van der Waals surface area contributed by atoms with Gasteiger partial charge in [0.1, 0.15) is 11.6 Å². The van der Waals surface area contributed by atoms with Crippen molar-refractivity contribution in [3.63, 3.8) is 0 Å². The number of hydrogen-bond acceptors (Lipinski definition) is 3. The number of halogens is 2. The molecule has 0 unspecified atom stereocenters. The molecule has 2 rings (SSSR count). The van der Waals surface area contributed by atoms with Crippen LogP contribution in [0.5, 0.6) is 5.75 Å². The lowest BCUT2D eigenvalue weighted by Gasteiger charge is -2.17. The zero-order chi connectivity index (χ0) is 26.1. The lowest BCUT2D eigenvalue weighted by Crippen LogP contribution is -2.39. The molecule has 0 amide bonds. The van der Waals surface area contributed by atoms with Crippen LogP contribution >= 0.6 is 15.2 Å². The minimum atomic E-state index is -5.17. The number of ether oxygens (including phenoxy) is 1. The molecule has 2 aromatic rings. The van der Waals surface area contributed by atoms with Crippen LogP contribution in [0.3, 0.4) is 0 Å². The van der Waals surface area contributed by atoms with E-state index in [0.29, 0.717) is 12.7 Å². The van der Waals surface area contributed by atoms with E-state index in [2.05, 4.69) is 6.92 Å². The molecule has 196 valence electrons. The van der Waals surface area contributed by atoms with Gasteiger partial charge in [0.15, 0.2) is 18.5 Å². The summed E-state index contributed by atoms with van der Waals surface area (Å²) < 4.78 is 57.9. The van der Waals surface area contributed by atoms with Gasteiger partial charge < -0.3 is 24.3 Å². The maximum Gasteiger partial charge on any atom is 0.347 e. The van der Waals surface area contributed by atoms with Gasteiger partial charge in [-0.2, -0.15) is 4.57 Å². The quantitative estimate of drug-likeness (QED) is 0.141. The third-order valence-electron chi connectivity index (χ3n) is 5.51. The van der Waals surface area contributed by atoms with Crippen molar-refractivity contribution in [3.8, 4) is 16.9 Å². The summed E-state index contributed by atoms with van der Waals surface area (Å²) in [6.45, 7) is 1.78. The molecule has 0 atom stereocenters. The topological polar surface area (TPSA) is 128 Å². The SMILES string of the molecule is CCCCCCCCCCOc1cc(-c2cc(F)cc(F)c2)c[n+](CC(P(=O)(O)O)P(=O)(O)O)c1. The Hall–Kier alpha value is -1.67. The van der Waals surface area contributed by atoms with Gasteiger partial charge in [0.25, 0.3) is 0 Å². The van der Waals surface area contributed by atoms with E-state index in [1.54, 1.807) is 0 Å². The number of nitrogens with zero attached hydrogens (tertiary/aromatic N) is 1. The molecule has 1 aromatic heterocycles. The predicted molar refractivity (Wildman–Crippen MR) is 128 cm³/mol. The lowest BCUT2D eigenvalue weighted by atomic mass is 10.1. The fourth-order valence-corrected chi connectivity index (χ4v) is 6.06. The van der Waals surface area contributed by atoms with E-state index < -0.39 is 38.8 Å². The van der Waals surface area contributed by atoms with Crippen LogP contribution in [0, 0.1) is 11.6 Å². The molecule has 0 fully saturated rings. The van der Waals surface area contributed by atoms with Gasteiger partial charge in [-0.1, -0.05) is 51.9 Å². The number of unbranched alkanes of at least 4 members (excludes halogenated alkanes) is 7. The highest BCUT2D eigenvalue weighted by Gasteiger charge is 2.46. The van der Waals surface area contributed by atoms with Gasteiger partial charge in [-0.05, 0) is 24.1 Å². The monoisotopic (exact) mass is 536 g/mol. The van der Waals surface area contributed by atoms with Crippen molar-refractivity contribution in [2.75, 3.05) is 6.61 Å². The summed E-state index contributed by atoms with van der Waals surface area (Å²) in [5.41, 5.74) is 0.393. The van der Waals surface area contributed by atoms with Gasteiger partial charge in [0, 0.05) is 17.7 Å². The summed E-state index contributed by atoms with van der Waals surface area (Å²) in [6, 6.07) is 4.38.